The summed E-state index contributed by atoms with van der Waals surface area (Å²) in [5, 5.41) is 0. The summed E-state index contributed by atoms with van der Waals surface area (Å²) < 4.78 is 0. The molecule has 6 heavy (non-hydrogen) atoms. The van der Waals surface area contributed by atoms with Gasteiger partial charge in [-0.25, -0.2) is 0 Å². The standard InChI is InChI=1S/H6O4Si2/c1-5(2)6(3)4/h1-6H. The molecule has 0 rings (SSSR count). The van der Waals surface area contributed by atoms with Crippen LogP contribution < -0.4 is 0 Å². The zero-order valence-electron chi connectivity index (χ0n) is 2.94. The maximum absolute atomic E-state index is 7.89. The Kier molecular flexibility index (Phi) is 2.56. The van der Waals surface area contributed by atoms with Gasteiger partial charge in [0.05, 0.1) is 0 Å². The van der Waals surface area contributed by atoms with Gasteiger partial charge in [0.2, 0.25) is 0 Å². The lowest BCUT2D eigenvalue weighted by molar-refractivity contribution is 0.368. The van der Waals surface area contributed by atoms with Crippen molar-refractivity contribution in [2.24, 2.45) is 0 Å². The van der Waals surface area contributed by atoms with Crippen molar-refractivity contribution >= 4 is 17.6 Å². The highest BCUT2D eigenvalue weighted by atomic mass is 29.2. The van der Waals surface area contributed by atoms with Gasteiger partial charge in [-0.1, -0.05) is 0 Å². The molecular formula is H6O4Si2. The predicted octanol–water partition coefficient (Wildman–Crippen LogP) is -3.53. The summed E-state index contributed by atoms with van der Waals surface area (Å²) in [5.74, 6) is 0. The lowest BCUT2D eigenvalue weighted by Crippen LogP contribution is -2.35. The molecular weight excluding hydrogens is 120 g/mol. The van der Waals surface area contributed by atoms with Crippen LogP contribution in [0.5, 0.6) is 0 Å². The highest BCUT2D eigenvalue weighted by molar-refractivity contribution is 7.07. The summed E-state index contributed by atoms with van der Waals surface area (Å²) in [6.45, 7) is 0. The molecule has 0 aliphatic carbocycles. The Morgan fingerprint density at radius 1 is 0.667 bits per heavy atom. The lowest BCUT2D eigenvalue weighted by atomic mass is 15.8. The largest absolute Gasteiger partial charge is 0.412 e. The molecule has 0 aromatic rings. The number of hydrogen-bond donors (Lipinski definition) is 4. The van der Waals surface area contributed by atoms with Gasteiger partial charge in [0.15, 0.2) is 0 Å². The average Bonchev–Trinajstić information content (AvgIpc) is 1.36. The summed E-state index contributed by atoms with van der Waals surface area (Å²) in [7, 11) is -5.99. The van der Waals surface area contributed by atoms with E-state index in [1.165, 1.54) is 0 Å². The molecule has 0 saturated carbocycles. The van der Waals surface area contributed by atoms with E-state index in [1.54, 1.807) is 0 Å². The molecule has 6 heteroatoms. The fourth-order valence-electron chi connectivity index (χ4n) is 0. The SMILES string of the molecule is O[SiH](O)[SiH](O)O. The maximum atomic E-state index is 7.89. The summed E-state index contributed by atoms with van der Waals surface area (Å²) in [5.41, 5.74) is 0. The molecule has 0 saturated heterocycles. The van der Waals surface area contributed by atoms with Crippen molar-refractivity contribution in [1.82, 2.24) is 0 Å². The summed E-state index contributed by atoms with van der Waals surface area (Å²) in [6.07, 6.45) is 0. The summed E-state index contributed by atoms with van der Waals surface area (Å²) >= 11 is 0. The quantitative estimate of drug-likeness (QED) is 0.275. The van der Waals surface area contributed by atoms with E-state index in [1.807, 2.05) is 0 Å². The van der Waals surface area contributed by atoms with Gasteiger partial charge in [-0.05, 0) is 0 Å². The second kappa shape index (κ2) is 2.45. The van der Waals surface area contributed by atoms with Crippen LogP contribution in [-0.4, -0.2) is 36.8 Å². The van der Waals surface area contributed by atoms with Gasteiger partial charge < -0.3 is 19.2 Å². The third-order valence-electron chi connectivity index (χ3n) is 0.267. The van der Waals surface area contributed by atoms with Crippen LogP contribution in [0.2, 0.25) is 0 Å². The van der Waals surface area contributed by atoms with Crippen LogP contribution >= 0.6 is 0 Å². The van der Waals surface area contributed by atoms with Gasteiger partial charge in [0, 0.05) is 0 Å². The van der Waals surface area contributed by atoms with Gasteiger partial charge in [-0.2, -0.15) is 0 Å². The Morgan fingerprint density at radius 3 is 0.833 bits per heavy atom. The van der Waals surface area contributed by atoms with Gasteiger partial charge in [0.25, 0.3) is 0 Å². The van der Waals surface area contributed by atoms with Crippen molar-refractivity contribution in [2.45, 2.75) is 0 Å². The molecule has 38 valence electrons. The van der Waals surface area contributed by atoms with E-state index in [0.717, 1.165) is 0 Å². The van der Waals surface area contributed by atoms with Crippen LogP contribution in [0.15, 0.2) is 0 Å². The minimum atomic E-state index is -2.99. The molecule has 4 N–H and O–H groups in total. The molecule has 0 aromatic heterocycles. The van der Waals surface area contributed by atoms with E-state index >= 15 is 0 Å². The highest BCUT2D eigenvalue weighted by Crippen LogP contribution is 1.65. The first-order valence-corrected chi connectivity index (χ1v) is 6.10. The van der Waals surface area contributed by atoms with E-state index in [9.17, 15) is 0 Å². The minimum Gasteiger partial charge on any atom is -0.412 e. The Balaban J connectivity index is 2.99. The molecule has 0 atom stereocenters. The van der Waals surface area contributed by atoms with Crippen molar-refractivity contribution in [3.63, 3.8) is 0 Å². The van der Waals surface area contributed by atoms with Crippen molar-refractivity contribution in [3.8, 4) is 0 Å². The smallest absolute Gasteiger partial charge is 0.358 e. The average molecular weight is 126 g/mol. The van der Waals surface area contributed by atoms with E-state index in [-0.39, 0.29) is 0 Å². The topological polar surface area (TPSA) is 80.9 Å². The molecule has 0 aliphatic rings. The monoisotopic (exact) mass is 126 g/mol. The molecule has 0 bridgehead atoms. The van der Waals surface area contributed by atoms with Crippen LogP contribution in [-0.2, 0) is 0 Å². The fraction of sp³-hybridized carbons (Fsp3) is 0. The van der Waals surface area contributed by atoms with Crippen LogP contribution in [0.3, 0.4) is 0 Å². The van der Waals surface area contributed by atoms with Crippen LogP contribution in [0.1, 0.15) is 0 Å². The highest BCUT2D eigenvalue weighted by Gasteiger charge is 2.14. The van der Waals surface area contributed by atoms with E-state index in [0.29, 0.717) is 0 Å². The molecule has 0 heterocycles. The predicted molar refractivity (Wildman–Crippen MR) is 23.2 cm³/mol. The first kappa shape index (κ1) is 6.27. The van der Waals surface area contributed by atoms with Gasteiger partial charge in [0.1, 0.15) is 0 Å². The first-order chi connectivity index (χ1) is 2.64. The molecule has 0 amide bonds. The second-order valence-electron chi connectivity index (χ2n) is 0.827. The summed E-state index contributed by atoms with van der Waals surface area (Å²) in [4.78, 5) is 31.5. The van der Waals surface area contributed by atoms with E-state index in [2.05, 4.69) is 0 Å². The zero-order chi connectivity index (χ0) is 5.15. The summed E-state index contributed by atoms with van der Waals surface area (Å²) in [6, 6.07) is 0. The maximum Gasteiger partial charge on any atom is 0.358 e. The van der Waals surface area contributed by atoms with Gasteiger partial charge in [-0.15, -0.1) is 0 Å². The molecule has 0 aliphatic heterocycles. The molecule has 0 radical (unpaired) electrons. The number of hydrogen-bond acceptors (Lipinski definition) is 4. The minimum absolute atomic E-state index is 2.99. The van der Waals surface area contributed by atoms with E-state index < -0.39 is 17.6 Å². The zero-order valence-corrected chi connectivity index (χ0v) is 5.25. The van der Waals surface area contributed by atoms with E-state index in [4.69, 9.17) is 19.2 Å². The Morgan fingerprint density at radius 2 is 0.833 bits per heavy atom. The molecule has 0 spiro atoms. The lowest BCUT2D eigenvalue weighted by Gasteiger charge is -1.94. The molecule has 4 nitrogen and oxygen atoms in total. The number of rotatable bonds is 1. The molecule has 0 fully saturated rings. The van der Waals surface area contributed by atoms with Crippen molar-refractivity contribution in [1.29, 1.82) is 0 Å². The molecule has 0 aromatic carbocycles. The van der Waals surface area contributed by atoms with Gasteiger partial charge >= 0.3 is 17.6 Å². The third-order valence-corrected chi connectivity index (χ3v) is 2.40. The molecule has 0 unspecified atom stereocenters. The Hall–Kier alpha value is 0.274. The first-order valence-electron chi connectivity index (χ1n) is 1.37. The van der Waals surface area contributed by atoms with Crippen LogP contribution in [0.4, 0.5) is 0 Å². The fourth-order valence-corrected chi connectivity index (χ4v) is 0. The second-order valence-corrected chi connectivity index (χ2v) is 6.06. The normalized spacial score (nSPS) is 11.0. The van der Waals surface area contributed by atoms with Crippen molar-refractivity contribution in [2.75, 3.05) is 0 Å². The van der Waals surface area contributed by atoms with Crippen molar-refractivity contribution in [3.05, 3.63) is 0 Å². The van der Waals surface area contributed by atoms with Crippen LogP contribution in [0.25, 0.3) is 0 Å². The van der Waals surface area contributed by atoms with Gasteiger partial charge in [-0.3, -0.25) is 0 Å². The Bertz CT molecular complexity index is 26.5. The third kappa shape index (κ3) is 2.51. The van der Waals surface area contributed by atoms with Crippen LogP contribution in [0, 0.1) is 0 Å². The van der Waals surface area contributed by atoms with Crippen molar-refractivity contribution < 1.29 is 19.2 Å². The Labute approximate surface area is 37.8 Å².